The van der Waals surface area contributed by atoms with Crippen LogP contribution in [0.5, 0.6) is 0 Å². The predicted molar refractivity (Wildman–Crippen MR) is 89.7 cm³/mol. The van der Waals surface area contributed by atoms with Gasteiger partial charge in [0, 0.05) is 11.0 Å². The summed E-state index contributed by atoms with van der Waals surface area (Å²) in [5, 5.41) is 3.14. The van der Waals surface area contributed by atoms with E-state index < -0.39 is 0 Å². The van der Waals surface area contributed by atoms with Gasteiger partial charge in [0.25, 0.3) is 0 Å². The van der Waals surface area contributed by atoms with Gasteiger partial charge < -0.3 is 5.32 Å². The van der Waals surface area contributed by atoms with Crippen molar-refractivity contribution < 1.29 is 4.79 Å². The van der Waals surface area contributed by atoms with Gasteiger partial charge in [0.05, 0.1) is 5.92 Å². The molecule has 2 heteroatoms. The van der Waals surface area contributed by atoms with Crippen LogP contribution in [-0.4, -0.2) is 11.4 Å². The number of benzene rings is 2. The van der Waals surface area contributed by atoms with Crippen LogP contribution in [0.2, 0.25) is 0 Å². The molecule has 0 aromatic heterocycles. The highest BCUT2D eigenvalue weighted by molar-refractivity contribution is 5.86. The summed E-state index contributed by atoms with van der Waals surface area (Å²) in [5.74, 6) is 0.164. The van der Waals surface area contributed by atoms with E-state index in [9.17, 15) is 4.79 Å². The van der Waals surface area contributed by atoms with Gasteiger partial charge in [0.1, 0.15) is 0 Å². The van der Waals surface area contributed by atoms with Crippen molar-refractivity contribution in [2.75, 3.05) is 0 Å². The molecule has 1 aliphatic rings. The van der Waals surface area contributed by atoms with Gasteiger partial charge in [-0.05, 0) is 38.3 Å². The van der Waals surface area contributed by atoms with Crippen LogP contribution in [0.3, 0.4) is 0 Å². The van der Waals surface area contributed by atoms with E-state index in [1.165, 1.54) is 11.1 Å². The Morgan fingerprint density at radius 2 is 1.41 bits per heavy atom. The molecule has 0 bridgehead atoms. The fourth-order valence-corrected chi connectivity index (χ4v) is 3.31. The largest absolute Gasteiger partial charge is 0.351 e. The normalized spacial score (nSPS) is 19.5. The molecule has 2 nitrogen and oxygen atoms in total. The fraction of sp³-hybridized carbons (Fsp3) is 0.350. The summed E-state index contributed by atoms with van der Waals surface area (Å²) >= 11 is 0. The molecule has 0 saturated heterocycles. The molecule has 0 radical (unpaired) electrons. The van der Waals surface area contributed by atoms with Gasteiger partial charge in [0.15, 0.2) is 0 Å². The summed E-state index contributed by atoms with van der Waals surface area (Å²) in [6, 6.07) is 20.8. The zero-order valence-electron chi connectivity index (χ0n) is 13.5. The lowest BCUT2D eigenvalue weighted by Gasteiger charge is -2.23. The van der Waals surface area contributed by atoms with E-state index in [1.54, 1.807) is 0 Å². The average Bonchev–Trinajstić information content (AvgIpc) is 3.24. The molecule has 0 unspecified atom stereocenters. The minimum Gasteiger partial charge on any atom is -0.351 e. The summed E-state index contributed by atoms with van der Waals surface area (Å²) in [7, 11) is 0. The molecular weight excluding hydrogens is 270 g/mol. The van der Waals surface area contributed by atoms with Gasteiger partial charge in [-0.1, -0.05) is 60.7 Å². The van der Waals surface area contributed by atoms with Crippen LogP contribution >= 0.6 is 0 Å². The lowest BCUT2D eigenvalue weighted by molar-refractivity contribution is -0.124. The first-order valence-corrected chi connectivity index (χ1v) is 7.86. The van der Waals surface area contributed by atoms with Crippen LogP contribution in [-0.2, 0) is 10.2 Å². The Balaban J connectivity index is 1.97. The third kappa shape index (κ3) is 2.66. The van der Waals surface area contributed by atoms with Crippen molar-refractivity contribution in [3.63, 3.8) is 0 Å². The van der Waals surface area contributed by atoms with Gasteiger partial charge >= 0.3 is 0 Å². The maximum absolute atomic E-state index is 12.7. The van der Waals surface area contributed by atoms with Crippen molar-refractivity contribution >= 4 is 5.91 Å². The van der Waals surface area contributed by atoms with Gasteiger partial charge in [-0.2, -0.15) is 0 Å². The van der Waals surface area contributed by atoms with E-state index in [0.717, 1.165) is 6.42 Å². The van der Waals surface area contributed by atoms with Crippen LogP contribution < -0.4 is 5.32 Å². The number of carbonyl (C=O) groups excluding carboxylic acids is 1. The SMILES string of the molecule is CC(C)(C)NC(=O)[C@@H]1CC1(c1ccccc1)c1ccccc1. The van der Waals surface area contributed by atoms with Crippen molar-refractivity contribution in [2.45, 2.75) is 38.1 Å². The Morgan fingerprint density at radius 1 is 0.955 bits per heavy atom. The van der Waals surface area contributed by atoms with E-state index in [4.69, 9.17) is 0 Å². The Hall–Kier alpha value is -2.09. The average molecular weight is 293 g/mol. The van der Waals surface area contributed by atoms with Crippen molar-refractivity contribution in [1.29, 1.82) is 0 Å². The van der Waals surface area contributed by atoms with Gasteiger partial charge in [0.2, 0.25) is 5.91 Å². The minimum absolute atomic E-state index is 0.0107. The second-order valence-electron chi connectivity index (χ2n) is 7.20. The van der Waals surface area contributed by atoms with Crippen molar-refractivity contribution in [3.8, 4) is 0 Å². The summed E-state index contributed by atoms with van der Waals surface area (Å²) < 4.78 is 0. The second-order valence-corrected chi connectivity index (χ2v) is 7.20. The van der Waals surface area contributed by atoms with Crippen molar-refractivity contribution in [2.24, 2.45) is 5.92 Å². The highest BCUT2D eigenvalue weighted by Crippen LogP contribution is 2.58. The molecule has 3 rings (SSSR count). The number of amides is 1. The summed E-state index contributed by atoms with van der Waals surface area (Å²) in [5.41, 5.74) is 2.10. The molecule has 1 aliphatic carbocycles. The van der Waals surface area contributed by atoms with E-state index in [1.807, 2.05) is 32.9 Å². The Morgan fingerprint density at radius 3 is 1.82 bits per heavy atom. The Kier molecular flexibility index (Phi) is 3.56. The minimum atomic E-state index is -0.196. The zero-order chi connectivity index (χ0) is 15.8. The highest BCUT2D eigenvalue weighted by Gasteiger charge is 2.60. The van der Waals surface area contributed by atoms with Crippen LogP contribution in [0.1, 0.15) is 38.3 Å². The zero-order valence-corrected chi connectivity index (χ0v) is 13.5. The van der Waals surface area contributed by atoms with Crippen LogP contribution in [0.4, 0.5) is 0 Å². The molecule has 1 amide bonds. The molecule has 114 valence electrons. The van der Waals surface area contributed by atoms with E-state index in [2.05, 4.69) is 53.8 Å². The van der Waals surface area contributed by atoms with Crippen LogP contribution in [0.25, 0.3) is 0 Å². The monoisotopic (exact) mass is 293 g/mol. The van der Waals surface area contributed by atoms with Crippen molar-refractivity contribution in [1.82, 2.24) is 5.32 Å². The summed E-state index contributed by atoms with van der Waals surface area (Å²) in [6.07, 6.45) is 0.878. The third-order valence-electron chi connectivity index (χ3n) is 4.35. The number of hydrogen-bond donors (Lipinski definition) is 1. The molecule has 2 aromatic carbocycles. The molecule has 1 atom stereocenters. The number of carbonyl (C=O) groups is 1. The molecule has 0 spiro atoms. The maximum Gasteiger partial charge on any atom is 0.224 e. The number of hydrogen-bond acceptors (Lipinski definition) is 1. The number of rotatable bonds is 3. The Bertz CT molecular complexity index is 616. The van der Waals surface area contributed by atoms with Gasteiger partial charge in [-0.15, -0.1) is 0 Å². The molecule has 22 heavy (non-hydrogen) atoms. The van der Waals surface area contributed by atoms with Gasteiger partial charge in [-0.25, -0.2) is 0 Å². The van der Waals surface area contributed by atoms with E-state index in [0.29, 0.717) is 0 Å². The first-order valence-electron chi connectivity index (χ1n) is 7.86. The summed E-state index contributed by atoms with van der Waals surface area (Å²) in [6.45, 7) is 6.08. The smallest absolute Gasteiger partial charge is 0.224 e. The van der Waals surface area contributed by atoms with E-state index >= 15 is 0 Å². The molecule has 1 saturated carbocycles. The molecule has 0 aliphatic heterocycles. The van der Waals surface area contributed by atoms with E-state index in [-0.39, 0.29) is 22.8 Å². The van der Waals surface area contributed by atoms with Gasteiger partial charge in [-0.3, -0.25) is 4.79 Å². The fourth-order valence-electron chi connectivity index (χ4n) is 3.31. The topological polar surface area (TPSA) is 29.1 Å². The second kappa shape index (κ2) is 5.28. The standard InChI is InChI=1S/C20H23NO/c1-19(2,3)21-18(22)17-14-20(17,15-10-6-4-7-11-15)16-12-8-5-9-13-16/h4-13,17H,14H2,1-3H3,(H,21,22)/t17-/m0/s1. The number of nitrogens with one attached hydrogen (secondary N) is 1. The molecule has 2 aromatic rings. The predicted octanol–water partition coefficient (Wildman–Crippen LogP) is 3.91. The first kappa shape index (κ1) is 14.8. The maximum atomic E-state index is 12.7. The summed E-state index contributed by atoms with van der Waals surface area (Å²) in [4.78, 5) is 12.7. The third-order valence-corrected chi connectivity index (χ3v) is 4.35. The molecule has 1 N–H and O–H groups in total. The quantitative estimate of drug-likeness (QED) is 0.913. The Labute approximate surface area is 132 Å². The lowest BCUT2D eigenvalue weighted by atomic mass is 9.85. The molecule has 0 heterocycles. The highest BCUT2D eigenvalue weighted by atomic mass is 16.2. The van der Waals surface area contributed by atoms with Crippen LogP contribution in [0, 0.1) is 5.92 Å². The molecular formula is C20H23NO. The van der Waals surface area contributed by atoms with Crippen molar-refractivity contribution in [3.05, 3.63) is 71.8 Å². The van der Waals surface area contributed by atoms with Crippen LogP contribution in [0.15, 0.2) is 60.7 Å². The molecule has 1 fully saturated rings. The lowest BCUT2D eigenvalue weighted by Crippen LogP contribution is -2.42. The first-order chi connectivity index (χ1) is 10.4.